The lowest BCUT2D eigenvalue weighted by atomic mass is 9.79. The standard InChI is InChI=1S/C24H26F2N4O2/c1-29-23-9-16(13-27-21(23)14-28-29)8-15-2-4-17(5-3-15)24(31)30-22(6-7-32-30)18-10-19(25)12-20(26)11-18/h9-15,17,22H,2-8H2,1H3/t15?,17?,22-/m0/s1. The average molecular weight is 440 g/mol. The zero-order valence-corrected chi connectivity index (χ0v) is 18.0. The number of hydroxylamine groups is 2. The molecular weight excluding hydrogens is 414 g/mol. The lowest BCUT2D eigenvalue weighted by molar-refractivity contribution is -0.183. The molecule has 0 radical (unpaired) electrons. The molecular formula is C24H26F2N4O2. The van der Waals surface area contributed by atoms with Gasteiger partial charge in [0.05, 0.1) is 24.4 Å². The van der Waals surface area contributed by atoms with Gasteiger partial charge in [0.1, 0.15) is 17.2 Å². The van der Waals surface area contributed by atoms with E-state index >= 15 is 0 Å². The molecule has 2 aromatic heterocycles. The number of fused-ring (bicyclic) bond motifs is 1. The second-order valence-corrected chi connectivity index (χ2v) is 8.94. The zero-order valence-electron chi connectivity index (χ0n) is 18.0. The van der Waals surface area contributed by atoms with Crippen LogP contribution in [-0.2, 0) is 23.1 Å². The number of hydrogen-bond acceptors (Lipinski definition) is 4. The summed E-state index contributed by atoms with van der Waals surface area (Å²) in [5.74, 6) is -0.979. The first kappa shape index (κ1) is 21.0. The Bertz CT molecular complexity index is 1120. The normalized spacial score (nSPS) is 23.7. The van der Waals surface area contributed by atoms with Crippen LogP contribution < -0.4 is 0 Å². The maximum absolute atomic E-state index is 13.7. The number of pyridine rings is 1. The van der Waals surface area contributed by atoms with Crippen LogP contribution in [0.4, 0.5) is 8.78 Å². The highest BCUT2D eigenvalue weighted by Crippen LogP contribution is 2.37. The molecule has 0 N–H and O–H groups in total. The Kier molecular flexibility index (Phi) is 5.63. The fourth-order valence-electron chi connectivity index (χ4n) is 5.06. The van der Waals surface area contributed by atoms with Crippen LogP contribution in [0.5, 0.6) is 0 Å². The Morgan fingerprint density at radius 3 is 2.56 bits per heavy atom. The topological polar surface area (TPSA) is 60.2 Å². The minimum Gasteiger partial charge on any atom is -0.272 e. The molecule has 1 aliphatic heterocycles. The number of hydrogen-bond donors (Lipinski definition) is 0. The van der Waals surface area contributed by atoms with Crippen molar-refractivity contribution in [2.24, 2.45) is 18.9 Å². The van der Waals surface area contributed by atoms with E-state index in [0.717, 1.165) is 49.2 Å². The van der Waals surface area contributed by atoms with Crippen LogP contribution in [0.25, 0.3) is 11.0 Å². The lowest BCUT2D eigenvalue weighted by Gasteiger charge is -2.32. The lowest BCUT2D eigenvalue weighted by Crippen LogP contribution is -2.36. The van der Waals surface area contributed by atoms with E-state index in [9.17, 15) is 13.6 Å². The highest BCUT2D eigenvalue weighted by molar-refractivity contribution is 5.78. The fraction of sp³-hybridized carbons (Fsp3) is 0.458. The second-order valence-electron chi connectivity index (χ2n) is 8.94. The van der Waals surface area contributed by atoms with Crippen molar-refractivity contribution in [2.75, 3.05) is 6.61 Å². The van der Waals surface area contributed by atoms with Crippen LogP contribution in [0.15, 0.2) is 36.7 Å². The number of benzene rings is 1. The van der Waals surface area contributed by atoms with Gasteiger partial charge in [-0.2, -0.15) is 5.10 Å². The molecule has 168 valence electrons. The monoisotopic (exact) mass is 440 g/mol. The van der Waals surface area contributed by atoms with Crippen LogP contribution in [-0.4, -0.2) is 32.3 Å². The molecule has 1 aromatic carbocycles. The number of carbonyl (C=O) groups is 1. The summed E-state index contributed by atoms with van der Waals surface area (Å²) in [4.78, 5) is 23.3. The number of halogens is 2. The summed E-state index contributed by atoms with van der Waals surface area (Å²) < 4.78 is 29.2. The minimum absolute atomic E-state index is 0.0754. The highest BCUT2D eigenvalue weighted by atomic mass is 19.1. The van der Waals surface area contributed by atoms with Gasteiger partial charge < -0.3 is 0 Å². The van der Waals surface area contributed by atoms with Gasteiger partial charge in [-0.3, -0.25) is 19.3 Å². The third kappa shape index (κ3) is 4.11. The molecule has 1 amide bonds. The summed E-state index contributed by atoms with van der Waals surface area (Å²) in [5, 5.41) is 5.61. The van der Waals surface area contributed by atoms with Crippen molar-refractivity contribution in [1.29, 1.82) is 0 Å². The van der Waals surface area contributed by atoms with E-state index in [-0.39, 0.29) is 11.8 Å². The molecule has 1 saturated heterocycles. The van der Waals surface area contributed by atoms with Gasteiger partial charge >= 0.3 is 0 Å². The summed E-state index contributed by atoms with van der Waals surface area (Å²) in [6.45, 7) is 0.368. The van der Waals surface area contributed by atoms with Crippen LogP contribution in [0, 0.1) is 23.5 Å². The Hall–Kier alpha value is -2.87. The number of nitrogens with zero attached hydrogens (tertiary/aromatic N) is 4. The SMILES string of the molecule is Cn1ncc2ncc(CC3CCC(C(=O)N4OCC[C@H]4c4cc(F)cc(F)c4)CC3)cc21. The van der Waals surface area contributed by atoms with Gasteiger partial charge in [0.2, 0.25) is 5.91 Å². The zero-order chi connectivity index (χ0) is 22.2. The summed E-state index contributed by atoms with van der Waals surface area (Å²) in [6.07, 6.45) is 8.63. The predicted molar refractivity (Wildman–Crippen MR) is 114 cm³/mol. The molecule has 32 heavy (non-hydrogen) atoms. The molecule has 2 fully saturated rings. The van der Waals surface area contributed by atoms with Crippen molar-refractivity contribution in [2.45, 2.75) is 44.6 Å². The smallest absolute Gasteiger partial charge is 0.249 e. The molecule has 1 saturated carbocycles. The third-order valence-electron chi connectivity index (χ3n) is 6.77. The minimum atomic E-state index is -0.640. The molecule has 1 aliphatic carbocycles. The van der Waals surface area contributed by atoms with Crippen LogP contribution >= 0.6 is 0 Å². The number of carbonyl (C=O) groups excluding carboxylic acids is 1. The quantitative estimate of drug-likeness (QED) is 0.599. The first-order valence-electron chi connectivity index (χ1n) is 11.2. The van der Waals surface area contributed by atoms with Gasteiger partial charge in [-0.25, -0.2) is 13.8 Å². The van der Waals surface area contributed by atoms with Gasteiger partial charge in [-0.1, -0.05) is 0 Å². The summed E-state index contributed by atoms with van der Waals surface area (Å²) in [5.41, 5.74) is 3.55. The summed E-state index contributed by atoms with van der Waals surface area (Å²) >= 11 is 0. The van der Waals surface area contributed by atoms with E-state index in [1.54, 1.807) is 6.20 Å². The van der Waals surface area contributed by atoms with Crippen molar-refractivity contribution >= 4 is 16.9 Å². The number of aryl methyl sites for hydroxylation is 1. The van der Waals surface area contributed by atoms with Gasteiger partial charge in [0.15, 0.2) is 0 Å². The second kappa shape index (κ2) is 8.58. The number of rotatable bonds is 4. The number of aromatic nitrogens is 3. The van der Waals surface area contributed by atoms with Crippen molar-refractivity contribution in [3.63, 3.8) is 0 Å². The maximum atomic E-state index is 13.7. The molecule has 5 rings (SSSR count). The van der Waals surface area contributed by atoms with Gasteiger partial charge in [-0.15, -0.1) is 0 Å². The van der Waals surface area contributed by atoms with Gasteiger partial charge in [0, 0.05) is 31.6 Å². The Morgan fingerprint density at radius 1 is 1.06 bits per heavy atom. The van der Waals surface area contributed by atoms with Crippen molar-refractivity contribution in [3.05, 3.63) is 59.4 Å². The van der Waals surface area contributed by atoms with Crippen molar-refractivity contribution < 1.29 is 18.4 Å². The molecule has 0 bridgehead atoms. The largest absolute Gasteiger partial charge is 0.272 e. The number of amides is 1. The predicted octanol–water partition coefficient (Wildman–Crippen LogP) is 4.50. The molecule has 1 atom stereocenters. The van der Waals surface area contributed by atoms with Crippen LogP contribution in [0.2, 0.25) is 0 Å². The van der Waals surface area contributed by atoms with Crippen LogP contribution in [0.3, 0.4) is 0 Å². The van der Waals surface area contributed by atoms with Gasteiger partial charge in [-0.05, 0) is 67.3 Å². The molecule has 6 nitrogen and oxygen atoms in total. The van der Waals surface area contributed by atoms with Crippen LogP contribution in [0.1, 0.15) is 49.3 Å². The molecule has 3 heterocycles. The maximum Gasteiger partial charge on any atom is 0.249 e. The third-order valence-corrected chi connectivity index (χ3v) is 6.77. The molecule has 8 heteroatoms. The first-order chi connectivity index (χ1) is 15.5. The summed E-state index contributed by atoms with van der Waals surface area (Å²) in [7, 11) is 1.91. The van der Waals surface area contributed by atoms with E-state index in [1.165, 1.54) is 22.8 Å². The van der Waals surface area contributed by atoms with Gasteiger partial charge in [0.25, 0.3) is 0 Å². The molecule has 3 aromatic rings. The van der Waals surface area contributed by atoms with Crippen molar-refractivity contribution in [1.82, 2.24) is 19.8 Å². The Labute approximate surface area is 185 Å². The Balaban J connectivity index is 1.21. The molecule has 0 spiro atoms. The first-order valence-corrected chi connectivity index (χ1v) is 11.2. The molecule has 2 aliphatic rings. The van der Waals surface area contributed by atoms with E-state index in [2.05, 4.69) is 16.1 Å². The average Bonchev–Trinajstić information content (AvgIpc) is 3.41. The van der Waals surface area contributed by atoms with E-state index in [1.807, 2.05) is 17.9 Å². The summed E-state index contributed by atoms with van der Waals surface area (Å²) in [6, 6.07) is 5.11. The Morgan fingerprint density at radius 2 is 1.81 bits per heavy atom. The highest BCUT2D eigenvalue weighted by Gasteiger charge is 2.37. The van der Waals surface area contributed by atoms with Crippen molar-refractivity contribution in [3.8, 4) is 0 Å². The fourth-order valence-corrected chi connectivity index (χ4v) is 5.06. The van der Waals surface area contributed by atoms with E-state index in [4.69, 9.17) is 4.84 Å². The van der Waals surface area contributed by atoms with E-state index < -0.39 is 17.7 Å². The van der Waals surface area contributed by atoms with E-state index in [0.29, 0.717) is 24.5 Å². The molecule has 0 unspecified atom stereocenters.